The number of aryl methyl sites for hydroxylation is 1. The first-order chi connectivity index (χ1) is 13.5. The van der Waals surface area contributed by atoms with Crippen molar-refractivity contribution in [2.75, 3.05) is 39.4 Å². The van der Waals surface area contributed by atoms with Gasteiger partial charge in [-0.25, -0.2) is 8.42 Å². The molecule has 2 aliphatic heterocycles. The molecule has 4 heterocycles. The number of furan rings is 1. The third kappa shape index (κ3) is 3.47. The van der Waals surface area contributed by atoms with Crippen LogP contribution in [0, 0.1) is 6.92 Å². The number of aromatic nitrogens is 2. The predicted molar refractivity (Wildman–Crippen MR) is 100 cm³/mol. The molecule has 2 aromatic heterocycles. The molecule has 4 rings (SSSR count). The molecule has 2 aromatic rings. The molecule has 28 heavy (non-hydrogen) atoms. The third-order valence-corrected chi connectivity index (χ3v) is 7.23. The van der Waals surface area contributed by atoms with Gasteiger partial charge in [0.1, 0.15) is 16.3 Å². The lowest BCUT2D eigenvalue weighted by Crippen LogP contribution is -2.40. The van der Waals surface area contributed by atoms with Gasteiger partial charge in [-0.3, -0.25) is 9.89 Å². The first-order valence-corrected chi connectivity index (χ1v) is 10.9. The first-order valence-electron chi connectivity index (χ1n) is 9.50. The molecule has 10 heteroatoms. The highest BCUT2D eigenvalue weighted by Crippen LogP contribution is 2.31. The van der Waals surface area contributed by atoms with E-state index >= 15 is 0 Å². The van der Waals surface area contributed by atoms with Gasteiger partial charge in [0.25, 0.3) is 5.91 Å². The normalized spacial score (nSPS) is 19.1. The van der Waals surface area contributed by atoms with Crippen LogP contribution in [0.15, 0.2) is 21.6 Å². The molecule has 152 valence electrons. The number of rotatable bonds is 4. The maximum atomic E-state index is 13.0. The van der Waals surface area contributed by atoms with E-state index in [-0.39, 0.29) is 16.6 Å². The number of carbonyl (C=O) groups excluding carboxylic acids is 1. The Balaban J connectivity index is 1.64. The average molecular weight is 408 g/mol. The molecule has 0 spiro atoms. The van der Waals surface area contributed by atoms with Gasteiger partial charge >= 0.3 is 0 Å². The number of piperidine rings is 1. The fourth-order valence-electron chi connectivity index (χ4n) is 3.67. The van der Waals surface area contributed by atoms with Gasteiger partial charge in [0, 0.05) is 32.2 Å². The quantitative estimate of drug-likeness (QED) is 0.824. The van der Waals surface area contributed by atoms with Crippen molar-refractivity contribution < 1.29 is 22.4 Å². The monoisotopic (exact) mass is 408 g/mol. The molecule has 0 atom stereocenters. The molecule has 0 bridgehead atoms. The molecule has 1 N–H and O–H groups in total. The minimum atomic E-state index is -3.69. The van der Waals surface area contributed by atoms with Gasteiger partial charge in [-0.05, 0) is 26.2 Å². The Kier molecular flexibility index (Phi) is 5.26. The van der Waals surface area contributed by atoms with Gasteiger partial charge in [0.15, 0.2) is 5.76 Å². The molecule has 0 radical (unpaired) electrons. The second-order valence-corrected chi connectivity index (χ2v) is 8.97. The summed E-state index contributed by atoms with van der Waals surface area (Å²) in [5.74, 6) is 0.463. The molecule has 0 aliphatic carbocycles. The molecule has 1 amide bonds. The fourth-order valence-corrected chi connectivity index (χ4v) is 5.24. The Hall–Kier alpha value is -2.17. The van der Waals surface area contributed by atoms with E-state index in [4.69, 9.17) is 9.15 Å². The van der Waals surface area contributed by atoms with Gasteiger partial charge in [0.2, 0.25) is 10.0 Å². The Labute approximate surface area is 163 Å². The van der Waals surface area contributed by atoms with E-state index in [1.165, 1.54) is 16.6 Å². The third-order valence-electron chi connectivity index (χ3n) is 5.22. The van der Waals surface area contributed by atoms with Crippen LogP contribution in [0.2, 0.25) is 0 Å². The molecule has 9 nitrogen and oxygen atoms in total. The highest BCUT2D eigenvalue weighted by molar-refractivity contribution is 7.89. The minimum absolute atomic E-state index is 0.107. The van der Waals surface area contributed by atoms with E-state index < -0.39 is 10.0 Å². The second-order valence-electron chi connectivity index (χ2n) is 7.06. The zero-order valence-corrected chi connectivity index (χ0v) is 16.6. The lowest BCUT2D eigenvalue weighted by Gasteiger charge is -2.26. The van der Waals surface area contributed by atoms with E-state index in [0.717, 1.165) is 32.4 Å². The van der Waals surface area contributed by atoms with Crippen molar-refractivity contribution in [3.63, 3.8) is 0 Å². The van der Waals surface area contributed by atoms with Crippen molar-refractivity contribution in [3.05, 3.63) is 23.6 Å². The van der Waals surface area contributed by atoms with Gasteiger partial charge in [0.05, 0.1) is 25.0 Å². The zero-order chi connectivity index (χ0) is 19.7. The molecule has 0 aromatic carbocycles. The van der Waals surface area contributed by atoms with Crippen molar-refractivity contribution in [3.8, 4) is 11.5 Å². The maximum Gasteiger partial charge on any atom is 0.257 e. The first kappa shape index (κ1) is 19.2. The number of hydrogen-bond donors (Lipinski definition) is 1. The average Bonchev–Trinajstić information content (AvgIpc) is 3.35. The number of likely N-dealkylation sites (tertiary alicyclic amines) is 1. The molecule has 2 aliphatic rings. The summed E-state index contributed by atoms with van der Waals surface area (Å²) in [4.78, 5) is 14.8. The number of amides is 1. The highest BCUT2D eigenvalue weighted by Gasteiger charge is 2.32. The second kappa shape index (κ2) is 7.69. The van der Waals surface area contributed by atoms with Crippen molar-refractivity contribution in [2.45, 2.75) is 31.1 Å². The number of hydrogen-bond acceptors (Lipinski definition) is 6. The van der Waals surface area contributed by atoms with E-state index in [0.29, 0.717) is 43.3 Å². The summed E-state index contributed by atoms with van der Waals surface area (Å²) < 4.78 is 38.3. The van der Waals surface area contributed by atoms with Crippen LogP contribution in [0.1, 0.15) is 35.4 Å². The lowest BCUT2D eigenvalue weighted by molar-refractivity contribution is 0.0725. The van der Waals surface area contributed by atoms with Gasteiger partial charge in [-0.2, -0.15) is 9.40 Å². The van der Waals surface area contributed by atoms with E-state index in [2.05, 4.69) is 10.2 Å². The highest BCUT2D eigenvalue weighted by atomic mass is 32.2. The van der Waals surface area contributed by atoms with Crippen molar-refractivity contribution in [1.82, 2.24) is 19.4 Å². The molecule has 2 fully saturated rings. The van der Waals surface area contributed by atoms with Gasteiger partial charge in [-0.15, -0.1) is 0 Å². The maximum absolute atomic E-state index is 13.0. The summed E-state index contributed by atoms with van der Waals surface area (Å²) in [5, 5.41) is 6.79. The van der Waals surface area contributed by atoms with E-state index in [1.807, 2.05) is 0 Å². The number of nitrogens with one attached hydrogen (secondary N) is 1. The number of H-pyrrole nitrogens is 1. The number of aromatic amines is 1. The summed E-state index contributed by atoms with van der Waals surface area (Å²) in [6.07, 6.45) is 4.57. The predicted octanol–water partition coefficient (Wildman–Crippen LogP) is 1.63. The van der Waals surface area contributed by atoms with Crippen LogP contribution < -0.4 is 0 Å². The number of carbonyl (C=O) groups is 1. The summed E-state index contributed by atoms with van der Waals surface area (Å²) in [5.41, 5.74) is 0.799. The van der Waals surface area contributed by atoms with Crippen LogP contribution in [0.25, 0.3) is 11.5 Å². The van der Waals surface area contributed by atoms with Gasteiger partial charge in [-0.1, -0.05) is 0 Å². The lowest BCUT2D eigenvalue weighted by atomic mass is 10.1. The van der Waals surface area contributed by atoms with Crippen molar-refractivity contribution >= 4 is 15.9 Å². The van der Waals surface area contributed by atoms with Crippen LogP contribution in [-0.4, -0.2) is 73.1 Å². The SMILES string of the molecule is Cc1oc(-c2[nH]ncc2C(=O)N2CCCCC2)cc1S(=O)(=O)N1CCOCC1. The van der Waals surface area contributed by atoms with Crippen LogP contribution in [0.3, 0.4) is 0 Å². The Morgan fingerprint density at radius 3 is 2.57 bits per heavy atom. The van der Waals surface area contributed by atoms with Gasteiger partial charge < -0.3 is 14.1 Å². The number of nitrogens with zero attached hydrogens (tertiary/aromatic N) is 3. The van der Waals surface area contributed by atoms with E-state index in [9.17, 15) is 13.2 Å². The summed E-state index contributed by atoms with van der Waals surface area (Å²) in [6.45, 7) is 4.42. The van der Waals surface area contributed by atoms with Crippen molar-refractivity contribution in [1.29, 1.82) is 0 Å². The molecule has 2 saturated heterocycles. The topological polar surface area (TPSA) is 109 Å². The largest absolute Gasteiger partial charge is 0.458 e. The summed E-state index contributed by atoms with van der Waals surface area (Å²) >= 11 is 0. The standard InChI is InChI=1S/C18H24N4O5S/c1-13-16(28(24,25)22-7-9-26-10-8-22)11-15(27-13)17-14(12-19-20-17)18(23)21-5-3-2-4-6-21/h11-12H,2-10H2,1H3,(H,19,20). The molecular formula is C18H24N4O5S. The van der Waals surface area contributed by atoms with Crippen LogP contribution in [-0.2, 0) is 14.8 Å². The Morgan fingerprint density at radius 1 is 1.14 bits per heavy atom. The van der Waals surface area contributed by atoms with Crippen LogP contribution in [0.4, 0.5) is 0 Å². The Bertz CT molecular complexity index is 953. The van der Waals surface area contributed by atoms with E-state index in [1.54, 1.807) is 11.8 Å². The van der Waals surface area contributed by atoms with Crippen LogP contribution >= 0.6 is 0 Å². The number of morpholine rings is 1. The molecule has 0 saturated carbocycles. The number of sulfonamides is 1. The van der Waals surface area contributed by atoms with Crippen LogP contribution in [0.5, 0.6) is 0 Å². The smallest absolute Gasteiger partial charge is 0.257 e. The van der Waals surface area contributed by atoms with Crippen molar-refractivity contribution in [2.24, 2.45) is 0 Å². The molecular weight excluding hydrogens is 384 g/mol. The number of ether oxygens (including phenoxy) is 1. The summed E-state index contributed by atoms with van der Waals surface area (Å²) in [6, 6.07) is 1.47. The Morgan fingerprint density at radius 2 is 1.86 bits per heavy atom. The molecule has 0 unspecified atom stereocenters. The minimum Gasteiger partial charge on any atom is -0.458 e. The zero-order valence-electron chi connectivity index (χ0n) is 15.8. The fraction of sp³-hybridized carbons (Fsp3) is 0.556. The summed E-state index contributed by atoms with van der Waals surface area (Å²) in [7, 11) is -3.69.